The number of fused-ring (bicyclic) bond motifs is 4. The summed E-state index contributed by atoms with van der Waals surface area (Å²) in [6.07, 6.45) is 13.8. The average Bonchev–Trinajstić information content (AvgIpc) is 3.35. The molecule has 0 bridgehead atoms. The predicted molar refractivity (Wildman–Crippen MR) is 268 cm³/mol. The van der Waals surface area contributed by atoms with E-state index < -0.39 is 0 Å². The Hall–Kier alpha value is -7.56. The van der Waals surface area contributed by atoms with Gasteiger partial charge in [-0.15, -0.1) is 0 Å². The Morgan fingerprint density at radius 3 is 1.45 bits per heavy atom. The van der Waals surface area contributed by atoms with E-state index in [-0.39, 0.29) is 23.6 Å². The van der Waals surface area contributed by atoms with E-state index in [0.29, 0.717) is 11.1 Å². The fraction of sp³-hybridized carbons (Fsp3) is 0.133. The number of phenols is 2. The molecule has 0 saturated heterocycles. The summed E-state index contributed by atoms with van der Waals surface area (Å²) in [6, 6.07) is 58.8. The first kappa shape index (κ1) is 39.3. The summed E-state index contributed by atoms with van der Waals surface area (Å²) in [5.74, 6) is 0.462. The van der Waals surface area contributed by atoms with Crippen LogP contribution in [0.1, 0.15) is 47.9 Å². The second-order valence-electron chi connectivity index (χ2n) is 17.2. The number of aromatic hydroxyl groups is 2. The maximum Gasteiger partial charge on any atom is 0.132 e. The van der Waals surface area contributed by atoms with Crippen molar-refractivity contribution in [2.24, 2.45) is 9.98 Å². The average molecular weight is 829 g/mol. The van der Waals surface area contributed by atoms with Crippen LogP contribution in [0.25, 0.3) is 76.8 Å². The number of hydrogen-bond acceptors (Lipinski definition) is 4. The van der Waals surface area contributed by atoms with Crippen molar-refractivity contribution in [2.75, 3.05) is 0 Å². The van der Waals surface area contributed by atoms with Crippen LogP contribution in [-0.4, -0.2) is 34.7 Å². The standard InChI is InChI=1S/C60H48N2O2/c63-59-45(35-43-23-9-13-27-49(43)57(59)55-47-25-11-7-21-41(47)31-33-51(55)39-17-3-1-4-18-39)37-61-53-29-15-16-30-54(53)62-38-46-36-44-24-10-14-28-50(44)58(60(46)64)56-48-26-12-8-22-42(48)32-34-52(56)40-19-5-2-6-20-40/h1-14,17-21,23-25,27-28,31-38,53-54,63-64H,15-16,22,26,29-30H2. The van der Waals surface area contributed by atoms with Gasteiger partial charge in [-0.3, -0.25) is 9.98 Å². The molecule has 2 aliphatic rings. The molecule has 1 saturated carbocycles. The van der Waals surface area contributed by atoms with Gasteiger partial charge in [0.25, 0.3) is 0 Å². The maximum atomic E-state index is 12.5. The lowest BCUT2D eigenvalue weighted by atomic mass is 9.81. The molecule has 0 radical (unpaired) electrons. The van der Waals surface area contributed by atoms with Crippen LogP contribution in [0.3, 0.4) is 0 Å². The monoisotopic (exact) mass is 828 g/mol. The third-order valence-corrected chi connectivity index (χ3v) is 13.4. The van der Waals surface area contributed by atoms with Gasteiger partial charge in [-0.2, -0.15) is 0 Å². The molecule has 11 rings (SSSR count). The highest BCUT2D eigenvalue weighted by atomic mass is 16.3. The van der Waals surface area contributed by atoms with Gasteiger partial charge in [0.15, 0.2) is 0 Å². The molecule has 4 heteroatoms. The van der Waals surface area contributed by atoms with Crippen molar-refractivity contribution in [3.8, 4) is 56.0 Å². The molecule has 0 amide bonds. The van der Waals surface area contributed by atoms with Crippen molar-refractivity contribution in [3.05, 3.63) is 204 Å². The molecule has 64 heavy (non-hydrogen) atoms. The van der Waals surface area contributed by atoms with Crippen LogP contribution in [0, 0.1) is 0 Å². The van der Waals surface area contributed by atoms with Crippen LogP contribution in [0.5, 0.6) is 11.5 Å². The van der Waals surface area contributed by atoms with Crippen molar-refractivity contribution in [3.63, 3.8) is 0 Å². The lowest BCUT2D eigenvalue weighted by Gasteiger charge is -2.26. The third-order valence-electron chi connectivity index (χ3n) is 13.4. The Kier molecular flexibility index (Phi) is 10.4. The van der Waals surface area contributed by atoms with E-state index >= 15 is 0 Å². The number of aliphatic imine (C=N–C) groups is 2. The highest BCUT2D eigenvalue weighted by Crippen LogP contribution is 2.48. The minimum Gasteiger partial charge on any atom is -0.507 e. The quantitative estimate of drug-likeness (QED) is 0.118. The third kappa shape index (κ3) is 7.15. The Morgan fingerprint density at radius 1 is 0.422 bits per heavy atom. The molecule has 2 unspecified atom stereocenters. The zero-order chi connectivity index (χ0) is 43.0. The van der Waals surface area contributed by atoms with Crippen molar-refractivity contribution in [2.45, 2.75) is 50.6 Å². The molecule has 2 atom stereocenters. The van der Waals surface area contributed by atoms with Crippen LogP contribution in [-0.2, 0) is 12.8 Å². The van der Waals surface area contributed by atoms with Gasteiger partial charge in [0.2, 0.25) is 0 Å². The summed E-state index contributed by atoms with van der Waals surface area (Å²) in [5, 5.41) is 31.3. The topological polar surface area (TPSA) is 65.2 Å². The molecule has 0 spiro atoms. The largest absolute Gasteiger partial charge is 0.507 e. The Morgan fingerprint density at radius 2 is 0.875 bits per heavy atom. The number of benzene rings is 9. The van der Waals surface area contributed by atoms with Gasteiger partial charge in [-0.1, -0.05) is 183 Å². The van der Waals surface area contributed by atoms with Crippen LogP contribution in [0.15, 0.2) is 192 Å². The molecule has 1 fully saturated rings. The minimum atomic E-state index is -0.0866. The SMILES string of the molecule is Oc1c(C=NC2CCCCC2N=Cc2cc3ccccc3c(-c3c(-c4ccccc4)ccc4ccccc34)c2O)cc2ccccc2c1-c1c(-c2ccccc2)ccc2c1CC=CC2. The summed E-state index contributed by atoms with van der Waals surface area (Å²) in [6.45, 7) is 0. The second kappa shape index (κ2) is 17.0. The van der Waals surface area contributed by atoms with Crippen LogP contribution in [0.4, 0.5) is 0 Å². The van der Waals surface area contributed by atoms with Crippen LogP contribution < -0.4 is 0 Å². The highest BCUT2D eigenvalue weighted by Gasteiger charge is 2.27. The highest BCUT2D eigenvalue weighted by molar-refractivity contribution is 6.14. The maximum absolute atomic E-state index is 12.5. The van der Waals surface area contributed by atoms with E-state index in [1.165, 1.54) is 11.1 Å². The lowest BCUT2D eigenvalue weighted by Crippen LogP contribution is -2.27. The van der Waals surface area contributed by atoms with Gasteiger partial charge in [-0.05, 0) is 109 Å². The molecule has 2 N–H and O–H groups in total. The van der Waals surface area contributed by atoms with Crippen molar-refractivity contribution >= 4 is 44.7 Å². The van der Waals surface area contributed by atoms with Crippen molar-refractivity contribution < 1.29 is 10.2 Å². The molecule has 0 aliphatic heterocycles. The van der Waals surface area contributed by atoms with Gasteiger partial charge in [-0.25, -0.2) is 0 Å². The molecule has 4 nitrogen and oxygen atoms in total. The molecule has 0 heterocycles. The molecule has 9 aromatic rings. The first-order chi connectivity index (χ1) is 31.6. The molecule has 2 aliphatic carbocycles. The molecule has 0 aromatic heterocycles. The molecule has 9 aromatic carbocycles. The Bertz CT molecular complexity index is 3310. The van der Waals surface area contributed by atoms with Crippen LogP contribution >= 0.6 is 0 Å². The summed E-state index contributed by atoms with van der Waals surface area (Å²) in [4.78, 5) is 10.5. The smallest absolute Gasteiger partial charge is 0.132 e. The molecule has 310 valence electrons. The van der Waals surface area contributed by atoms with Crippen molar-refractivity contribution in [1.29, 1.82) is 0 Å². The molecular formula is C60H48N2O2. The number of hydrogen-bond donors (Lipinski definition) is 2. The van der Waals surface area contributed by atoms with E-state index in [0.717, 1.165) is 115 Å². The van der Waals surface area contributed by atoms with Crippen LogP contribution in [0.2, 0.25) is 0 Å². The molecular weight excluding hydrogens is 781 g/mol. The Balaban J connectivity index is 0.998. The van der Waals surface area contributed by atoms with E-state index in [1.807, 2.05) is 30.6 Å². The summed E-state index contributed by atoms with van der Waals surface area (Å²) >= 11 is 0. The normalized spacial score (nSPS) is 16.3. The van der Waals surface area contributed by atoms with E-state index in [4.69, 9.17) is 9.98 Å². The van der Waals surface area contributed by atoms with Gasteiger partial charge in [0.05, 0.1) is 12.1 Å². The fourth-order valence-electron chi connectivity index (χ4n) is 10.3. The summed E-state index contributed by atoms with van der Waals surface area (Å²) in [5.41, 5.74) is 12.1. The lowest BCUT2D eigenvalue weighted by molar-refractivity contribution is 0.390. The second-order valence-corrected chi connectivity index (χ2v) is 17.2. The number of phenolic OH excluding ortho intramolecular Hbond substituents is 2. The fourth-order valence-corrected chi connectivity index (χ4v) is 10.3. The van der Waals surface area contributed by atoms with E-state index in [1.54, 1.807) is 0 Å². The minimum absolute atomic E-state index is 0.0846. The Labute approximate surface area is 374 Å². The number of nitrogens with zero attached hydrogens (tertiary/aromatic N) is 2. The van der Waals surface area contributed by atoms with Gasteiger partial charge < -0.3 is 10.2 Å². The zero-order valence-electron chi connectivity index (χ0n) is 35.7. The van der Waals surface area contributed by atoms with Crippen molar-refractivity contribution in [1.82, 2.24) is 0 Å². The van der Waals surface area contributed by atoms with Gasteiger partial charge >= 0.3 is 0 Å². The number of allylic oxidation sites excluding steroid dienone is 2. The number of rotatable bonds is 8. The summed E-state index contributed by atoms with van der Waals surface area (Å²) in [7, 11) is 0. The first-order valence-corrected chi connectivity index (χ1v) is 22.6. The predicted octanol–water partition coefficient (Wildman–Crippen LogP) is 14.7. The summed E-state index contributed by atoms with van der Waals surface area (Å²) < 4.78 is 0. The van der Waals surface area contributed by atoms with E-state index in [2.05, 4.69) is 164 Å². The van der Waals surface area contributed by atoms with Gasteiger partial charge in [0.1, 0.15) is 11.5 Å². The van der Waals surface area contributed by atoms with Gasteiger partial charge in [0, 0.05) is 40.2 Å². The zero-order valence-corrected chi connectivity index (χ0v) is 35.7. The van der Waals surface area contributed by atoms with E-state index in [9.17, 15) is 10.2 Å². The first-order valence-electron chi connectivity index (χ1n) is 22.6.